The molecule has 3 aliphatic rings. The van der Waals surface area contributed by atoms with E-state index in [4.69, 9.17) is 31.8 Å². The van der Waals surface area contributed by atoms with E-state index in [0.29, 0.717) is 35.3 Å². The summed E-state index contributed by atoms with van der Waals surface area (Å²) in [4.78, 5) is 36.2. The minimum absolute atomic E-state index is 0.118. The van der Waals surface area contributed by atoms with Gasteiger partial charge in [-0.05, 0) is 25.0 Å². The summed E-state index contributed by atoms with van der Waals surface area (Å²) in [6, 6.07) is 2.48. The molecule has 1 aromatic heterocycles. The van der Waals surface area contributed by atoms with Crippen molar-refractivity contribution in [2.45, 2.75) is 36.5 Å². The van der Waals surface area contributed by atoms with E-state index < -0.39 is 29.3 Å². The number of aliphatic carboxylic acids is 1. The van der Waals surface area contributed by atoms with Crippen LogP contribution in [0.15, 0.2) is 46.0 Å². The van der Waals surface area contributed by atoms with Gasteiger partial charge in [0.25, 0.3) is 0 Å². The van der Waals surface area contributed by atoms with Crippen molar-refractivity contribution in [1.29, 1.82) is 0 Å². The Morgan fingerprint density at radius 2 is 2.11 bits per heavy atom. The molecule has 2 bridgehead atoms. The highest BCUT2D eigenvalue weighted by Crippen LogP contribution is 2.39. The molecule has 1 aromatic carbocycles. The molecule has 0 radical (unpaired) electrons. The Hall–Kier alpha value is -2.90. The predicted molar refractivity (Wildman–Crippen MR) is 134 cm³/mol. The van der Waals surface area contributed by atoms with Gasteiger partial charge >= 0.3 is 11.9 Å². The lowest BCUT2D eigenvalue weighted by atomic mass is 9.79. The monoisotopic (exact) mass is 549 g/mol. The lowest BCUT2D eigenvalue weighted by Gasteiger charge is -2.51. The van der Waals surface area contributed by atoms with Gasteiger partial charge in [-0.25, -0.2) is 14.2 Å². The van der Waals surface area contributed by atoms with Gasteiger partial charge in [-0.15, -0.1) is 11.3 Å². The molecule has 2 fully saturated rings. The maximum absolute atomic E-state index is 13.9. The number of thiazole rings is 1. The van der Waals surface area contributed by atoms with Crippen LogP contribution < -0.4 is 11.1 Å². The Bertz CT molecular complexity index is 1270. The number of morpholine rings is 1. The molecule has 37 heavy (non-hydrogen) atoms. The Labute approximate surface area is 220 Å². The number of hydrogen-bond acceptors (Lipinski definition) is 10. The van der Waals surface area contributed by atoms with E-state index in [0.717, 1.165) is 0 Å². The van der Waals surface area contributed by atoms with Crippen LogP contribution in [0.5, 0.6) is 0 Å². The largest absolute Gasteiger partial charge is 0.480 e. The van der Waals surface area contributed by atoms with E-state index in [1.165, 1.54) is 36.6 Å². The number of hydrogen-bond donors (Lipinski definition) is 3. The number of benzene rings is 1. The highest BCUT2D eigenvalue weighted by molar-refractivity contribution is 7.11. The smallest absolute Gasteiger partial charge is 0.338 e. The molecule has 3 atom stereocenters. The first-order chi connectivity index (χ1) is 17.7. The third kappa shape index (κ3) is 4.87. The van der Waals surface area contributed by atoms with Gasteiger partial charge in [0, 0.05) is 46.5 Å². The lowest BCUT2D eigenvalue weighted by molar-refractivity contribution is -0.153. The number of methoxy groups -OCH3 is 1. The maximum Gasteiger partial charge on any atom is 0.338 e. The van der Waals surface area contributed by atoms with Crippen molar-refractivity contribution >= 4 is 40.7 Å². The molecule has 3 aliphatic heterocycles. The molecule has 0 saturated carbocycles. The topological polar surface area (TPSA) is 139 Å². The van der Waals surface area contributed by atoms with Crippen LogP contribution in [0.1, 0.15) is 29.5 Å². The van der Waals surface area contributed by atoms with Crippen molar-refractivity contribution in [1.82, 2.24) is 15.2 Å². The third-order valence-corrected chi connectivity index (χ3v) is 8.06. The van der Waals surface area contributed by atoms with Crippen molar-refractivity contribution in [3.8, 4) is 0 Å². The van der Waals surface area contributed by atoms with Crippen LogP contribution in [0, 0.1) is 5.82 Å². The van der Waals surface area contributed by atoms with Gasteiger partial charge in [0.05, 0.1) is 25.9 Å². The number of rotatable bonds is 6. The number of esters is 1. The minimum Gasteiger partial charge on any atom is -0.480 e. The number of fused-ring (bicyclic) bond motifs is 2. The van der Waals surface area contributed by atoms with Crippen molar-refractivity contribution in [3.05, 3.63) is 62.5 Å². The van der Waals surface area contributed by atoms with Crippen molar-refractivity contribution < 1.29 is 28.6 Å². The van der Waals surface area contributed by atoms with Crippen LogP contribution in [-0.2, 0) is 19.1 Å². The standard InChI is InChI=1S/C24H25ClFN5O5S/c1-35-22(32)18-17(9-31-13-7-24(27,23(33)34)8-14(31)11-36-10-13)29-20(21-28-4-5-37-21)30-19(18)15-3-2-12(26)6-16(15)25/h2-6,13-14,19H,7-11,27H2,1H3,(H,29,30)(H,33,34)/t13?,14?,19-,24?/m0/s1. The molecule has 5 rings (SSSR count). The van der Waals surface area contributed by atoms with Crippen molar-refractivity contribution in [3.63, 3.8) is 0 Å². The summed E-state index contributed by atoms with van der Waals surface area (Å²) >= 11 is 7.78. The van der Waals surface area contributed by atoms with Gasteiger partial charge in [-0.3, -0.25) is 14.7 Å². The fourth-order valence-corrected chi connectivity index (χ4v) is 6.05. The molecule has 2 aromatic rings. The highest BCUT2D eigenvalue weighted by atomic mass is 35.5. The summed E-state index contributed by atoms with van der Waals surface area (Å²) in [5, 5.41) is 15.5. The van der Waals surface area contributed by atoms with E-state index in [2.05, 4.69) is 15.2 Å². The normalized spacial score (nSPS) is 27.9. The van der Waals surface area contributed by atoms with Crippen LogP contribution in [-0.4, -0.2) is 77.3 Å². The van der Waals surface area contributed by atoms with E-state index in [1.54, 1.807) is 11.6 Å². The second kappa shape index (κ2) is 10.1. The van der Waals surface area contributed by atoms with E-state index in [1.807, 2.05) is 0 Å². The molecule has 2 saturated heterocycles. The van der Waals surface area contributed by atoms with Crippen LogP contribution in [0.2, 0.25) is 5.02 Å². The van der Waals surface area contributed by atoms with Gasteiger partial charge in [0.15, 0.2) is 10.8 Å². The first kappa shape index (κ1) is 25.7. The summed E-state index contributed by atoms with van der Waals surface area (Å²) in [5.41, 5.74) is 6.05. The number of carboxylic acids is 1. The predicted octanol–water partition coefficient (Wildman–Crippen LogP) is 2.10. The summed E-state index contributed by atoms with van der Waals surface area (Å²) < 4.78 is 24.7. The molecule has 4 heterocycles. The zero-order valence-corrected chi connectivity index (χ0v) is 21.4. The number of ether oxygens (including phenoxy) is 2. The zero-order chi connectivity index (χ0) is 26.3. The average molecular weight is 550 g/mol. The second-order valence-corrected chi connectivity index (χ2v) is 10.6. The second-order valence-electron chi connectivity index (χ2n) is 9.28. The number of nitrogens with zero attached hydrogens (tertiary/aromatic N) is 3. The molecule has 10 nitrogen and oxygen atoms in total. The summed E-state index contributed by atoms with van der Waals surface area (Å²) in [6.07, 6.45) is 2.03. The quantitative estimate of drug-likeness (QED) is 0.462. The minimum atomic E-state index is -1.35. The van der Waals surface area contributed by atoms with Crippen LogP contribution in [0.25, 0.3) is 0 Å². The van der Waals surface area contributed by atoms with Gasteiger partial charge < -0.3 is 25.6 Å². The molecule has 196 valence electrons. The number of carbonyl (C=O) groups excluding carboxylic acids is 1. The zero-order valence-electron chi connectivity index (χ0n) is 19.8. The number of carboxylic acid groups (broad SMARTS) is 1. The lowest BCUT2D eigenvalue weighted by Crippen LogP contribution is -2.67. The van der Waals surface area contributed by atoms with Crippen LogP contribution >= 0.6 is 22.9 Å². The van der Waals surface area contributed by atoms with Crippen LogP contribution in [0.4, 0.5) is 4.39 Å². The number of halogens is 2. The molecular weight excluding hydrogens is 525 g/mol. The number of carbonyl (C=O) groups is 2. The summed E-state index contributed by atoms with van der Waals surface area (Å²) in [7, 11) is 1.27. The van der Waals surface area contributed by atoms with Gasteiger partial charge in [0.2, 0.25) is 0 Å². The number of amidine groups is 1. The highest BCUT2D eigenvalue weighted by Gasteiger charge is 2.49. The van der Waals surface area contributed by atoms with Gasteiger partial charge in [-0.2, -0.15) is 0 Å². The van der Waals surface area contributed by atoms with Crippen molar-refractivity contribution in [2.75, 3.05) is 26.9 Å². The molecular formula is C24H25ClFN5O5S. The van der Waals surface area contributed by atoms with E-state index >= 15 is 0 Å². The molecule has 13 heteroatoms. The van der Waals surface area contributed by atoms with Crippen molar-refractivity contribution in [2.24, 2.45) is 10.7 Å². The van der Waals surface area contributed by atoms with E-state index in [-0.39, 0.29) is 42.1 Å². The third-order valence-electron chi connectivity index (χ3n) is 6.95. The molecule has 0 spiro atoms. The SMILES string of the molecule is COC(=O)C1=C(CN2C3COCC2CC(N)(C(=O)O)C3)NC(c2nccs2)=N[C@H]1c1ccc(F)cc1Cl. The Morgan fingerprint density at radius 1 is 1.38 bits per heavy atom. The number of nitrogens with one attached hydrogen (secondary N) is 1. The number of nitrogens with two attached hydrogens (primary N) is 1. The average Bonchev–Trinajstić information content (AvgIpc) is 3.39. The maximum atomic E-state index is 13.9. The number of aromatic nitrogens is 1. The first-order valence-corrected chi connectivity index (χ1v) is 12.8. The molecule has 0 aliphatic carbocycles. The summed E-state index contributed by atoms with van der Waals surface area (Å²) in [6.45, 7) is 0.868. The first-order valence-electron chi connectivity index (χ1n) is 11.6. The molecule has 2 unspecified atom stereocenters. The van der Waals surface area contributed by atoms with Gasteiger partial charge in [0.1, 0.15) is 17.4 Å². The fourth-order valence-electron chi connectivity index (χ4n) is 5.19. The summed E-state index contributed by atoms with van der Waals surface area (Å²) in [5.74, 6) is -1.74. The Balaban J connectivity index is 1.58. The fraction of sp³-hybridized carbons (Fsp3) is 0.417. The Kier molecular flexibility index (Phi) is 7.03. The number of aliphatic imine (C=N–C) groups is 1. The number of piperidine rings is 1. The molecule has 0 amide bonds. The molecule has 4 N–H and O–H groups in total. The van der Waals surface area contributed by atoms with Crippen LogP contribution in [0.3, 0.4) is 0 Å². The Morgan fingerprint density at radius 3 is 2.70 bits per heavy atom. The van der Waals surface area contributed by atoms with Gasteiger partial charge in [-0.1, -0.05) is 17.7 Å². The van der Waals surface area contributed by atoms with E-state index in [9.17, 15) is 19.1 Å².